The molecule has 0 bridgehead atoms. The molecular weight excluding hydrogens is 212 g/mol. The van der Waals surface area contributed by atoms with Gasteiger partial charge in [-0.1, -0.05) is 30.3 Å². The number of benzene rings is 1. The van der Waals surface area contributed by atoms with Gasteiger partial charge in [0.15, 0.2) is 0 Å². The number of hydrogen-bond acceptors (Lipinski definition) is 3. The Morgan fingerprint density at radius 3 is 2.47 bits per heavy atom. The highest BCUT2D eigenvalue weighted by molar-refractivity contribution is 7.89. The molecule has 0 aliphatic carbocycles. The first-order valence-corrected chi connectivity index (χ1v) is 6.39. The summed E-state index contributed by atoms with van der Waals surface area (Å²) in [6.07, 6.45) is 1.11. The molecule has 0 spiro atoms. The van der Waals surface area contributed by atoms with E-state index in [1.807, 2.05) is 30.3 Å². The van der Waals surface area contributed by atoms with Gasteiger partial charge in [0, 0.05) is 0 Å². The zero-order chi connectivity index (χ0) is 11.3. The van der Waals surface area contributed by atoms with E-state index in [9.17, 15) is 8.42 Å². The van der Waals surface area contributed by atoms with Crippen molar-refractivity contribution in [3.8, 4) is 0 Å². The Labute approximate surface area is 90.1 Å². The molecule has 1 N–H and O–H groups in total. The third kappa shape index (κ3) is 5.17. The molecule has 0 saturated carbocycles. The molecule has 0 fully saturated rings. The summed E-state index contributed by atoms with van der Waals surface area (Å²) in [5, 5.41) is 0. The van der Waals surface area contributed by atoms with Crippen LogP contribution in [0.4, 0.5) is 0 Å². The molecule has 82 valence electrons. The number of sulfonamides is 1. The van der Waals surface area contributed by atoms with Crippen molar-refractivity contribution in [2.45, 2.75) is 13.5 Å². The van der Waals surface area contributed by atoms with E-state index in [0.29, 0.717) is 12.4 Å². The maximum Gasteiger partial charge on any atom is 0.230 e. The maximum atomic E-state index is 10.9. The van der Waals surface area contributed by atoms with Crippen molar-refractivity contribution < 1.29 is 8.42 Å². The fourth-order valence-electron chi connectivity index (χ4n) is 1.09. The molecule has 0 aliphatic rings. The van der Waals surface area contributed by atoms with Crippen LogP contribution in [0.5, 0.6) is 0 Å². The summed E-state index contributed by atoms with van der Waals surface area (Å²) in [6.45, 7) is 2.11. The van der Waals surface area contributed by atoms with E-state index in [1.54, 1.807) is 6.92 Å². The smallest absolute Gasteiger partial charge is 0.230 e. The monoisotopic (exact) mass is 226 g/mol. The highest BCUT2D eigenvalue weighted by atomic mass is 32.2. The molecule has 0 heterocycles. The fourth-order valence-corrected chi connectivity index (χ4v) is 1.70. The van der Waals surface area contributed by atoms with Gasteiger partial charge in [-0.05, 0) is 12.5 Å². The van der Waals surface area contributed by atoms with Crippen LogP contribution < -0.4 is 4.72 Å². The molecule has 1 aromatic rings. The molecule has 0 unspecified atom stereocenters. The number of hydrogen-bond donors (Lipinski definition) is 1. The molecular formula is C10H14N2O2S. The van der Waals surface area contributed by atoms with Crippen molar-refractivity contribution in [1.82, 2.24) is 4.72 Å². The molecule has 0 amide bonds. The quantitative estimate of drug-likeness (QED) is 0.621. The molecule has 0 aliphatic heterocycles. The van der Waals surface area contributed by atoms with Crippen molar-refractivity contribution in [2.75, 3.05) is 6.26 Å². The first-order valence-electron chi connectivity index (χ1n) is 4.50. The van der Waals surface area contributed by atoms with Crippen LogP contribution in [0, 0.1) is 0 Å². The Morgan fingerprint density at radius 2 is 1.93 bits per heavy atom. The summed E-state index contributed by atoms with van der Waals surface area (Å²) in [4.78, 5) is 4.11. The third-order valence-corrected chi connectivity index (χ3v) is 2.34. The fraction of sp³-hybridized carbons (Fsp3) is 0.300. The molecule has 0 saturated heterocycles. The van der Waals surface area contributed by atoms with Crippen LogP contribution in [0.3, 0.4) is 0 Å². The van der Waals surface area contributed by atoms with E-state index in [1.165, 1.54) is 0 Å². The Kier molecular flexibility index (Phi) is 3.85. The summed E-state index contributed by atoms with van der Waals surface area (Å²) in [7, 11) is -3.21. The van der Waals surface area contributed by atoms with E-state index in [4.69, 9.17) is 0 Å². The normalized spacial score (nSPS) is 12.5. The minimum Gasteiger partial charge on any atom is -0.272 e. The van der Waals surface area contributed by atoms with Crippen LogP contribution in [0.1, 0.15) is 12.5 Å². The van der Waals surface area contributed by atoms with Crippen LogP contribution in [-0.2, 0) is 16.6 Å². The van der Waals surface area contributed by atoms with Gasteiger partial charge in [-0.25, -0.2) is 8.42 Å². The lowest BCUT2D eigenvalue weighted by Crippen LogP contribution is -2.27. The predicted molar refractivity (Wildman–Crippen MR) is 61.2 cm³/mol. The number of amidine groups is 1. The van der Waals surface area contributed by atoms with Crippen LogP contribution in [-0.4, -0.2) is 20.5 Å². The summed E-state index contributed by atoms with van der Waals surface area (Å²) >= 11 is 0. The summed E-state index contributed by atoms with van der Waals surface area (Å²) < 4.78 is 24.0. The summed E-state index contributed by atoms with van der Waals surface area (Å²) in [5.74, 6) is 0.404. The number of rotatable bonds is 3. The van der Waals surface area contributed by atoms with Gasteiger partial charge in [0.2, 0.25) is 10.0 Å². The van der Waals surface area contributed by atoms with Crippen molar-refractivity contribution in [3.05, 3.63) is 35.9 Å². The van der Waals surface area contributed by atoms with Gasteiger partial charge in [-0.2, -0.15) is 0 Å². The molecule has 15 heavy (non-hydrogen) atoms. The lowest BCUT2D eigenvalue weighted by atomic mass is 10.2. The SMILES string of the molecule is CC(=NCc1ccccc1)NS(C)(=O)=O. The molecule has 0 radical (unpaired) electrons. The minimum absolute atomic E-state index is 0.404. The Hall–Kier alpha value is -1.36. The van der Waals surface area contributed by atoms with E-state index in [0.717, 1.165) is 11.8 Å². The van der Waals surface area contributed by atoms with Crippen molar-refractivity contribution in [3.63, 3.8) is 0 Å². The number of nitrogens with zero attached hydrogens (tertiary/aromatic N) is 1. The van der Waals surface area contributed by atoms with Crippen molar-refractivity contribution in [1.29, 1.82) is 0 Å². The molecule has 5 heteroatoms. The van der Waals surface area contributed by atoms with Gasteiger partial charge in [0.25, 0.3) is 0 Å². The largest absolute Gasteiger partial charge is 0.272 e. The first kappa shape index (κ1) is 11.7. The summed E-state index contributed by atoms with van der Waals surface area (Å²) in [6, 6.07) is 9.65. The molecule has 1 aromatic carbocycles. The van der Waals surface area contributed by atoms with Crippen LogP contribution in [0.15, 0.2) is 35.3 Å². The average molecular weight is 226 g/mol. The molecule has 0 aromatic heterocycles. The Balaban J connectivity index is 2.59. The number of nitrogens with one attached hydrogen (secondary N) is 1. The Bertz CT molecular complexity index is 438. The van der Waals surface area contributed by atoms with Crippen LogP contribution >= 0.6 is 0 Å². The standard InChI is InChI=1S/C10H14N2O2S/c1-9(12-15(2,13)14)11-8-10-6-4-3-5-7-10/h3-7H,8H2,1-2H3,(H,11,12). The van der Waals surface area contributed by atoms with Gasteiger partial charge in [-0.3, -0.25) is 9.71 Å². The molecule has 1 rings (SSSR count). The minimum atomic E-state index is -3.21. The number of aliphatic imine (C=N–C) groups is 1. The maximum absolute atomic E-state index is 10.9. The summed E-state index contributed by atoms with van der Waals surface area (Å²) in [5.41, 5.74) is 1.05. The van der Waals surface area contributed by atoms with Crippen molar-refractivity contribution >= 4 is 15.9 Å². The van der Waals surface area contributed by atoms with Gasteiger partial charge < -0.3 is 0 Å². The van der Waals surface area contributed by atoms with Crippen LogP contribution in [0.2, 0.25) is 0 Å². The second-order valence-corrected chi connectivity index (χ2v) is 5.01. The average Bonchev–Trinajstić information content (AvgIpc) is 2.14. The van der Waals surface area contributed by atoms with Gasteiger partial charge >= 0.3 is 0 Å². The second kappa shape index (κ2) is 4.93. The van der Waals surface area contributed by atoms with Crippen LogP contribution in [0.25, 0.3) is 0 Å². The predicted octanol–water partition coefficient (Wildman–Crippen LogP) is 1.15. The Morgan fingerprint density at radius 1 is 1.33 bits per heavy atom. The van der Waals surface area contributed by atoms with Gasteiger partial charge in [-0.15, -0.1) is 0 Å². The first-order chi connectivity index (χ1) is 6.97. The lowest BCUT2D eigenvalue weighted by Gasteiger charge is -2.02. The van der Waals surface area contributed by atoms with E-state index in [-0.39, 0.29) is 0 Å². The second-order valence-electron chi connectivity index (χ2n) is 3.26. The highest BCUT2D eigenvalue weighted by Crippen LogP contribution is 1.99. The zero-order valence-corrected chi connectivity index (χ0v) is 9.58. The van der Waals surface area contributed by atoms with E-state index >= 15 is 0 Å². The van der Waals surface area contributed by atoms with E-state index in [2.05, 4.69) is 9.71 Å². The van der Waals surface area contributed by atoms with Gasteiger partial charge in [0.1, 0.15) is 5.84 Å². The lowest BCUT2D eigenvalue weighted by molar-refractivity contribution is 0.598. The van der Waals surface area contributed by atoms with Crippen molar-refractivity contribution in [2.24, 2.45) is 4.99 Å². The third-order valence-electron chi connectivity index (χ3n) is 1.67. The molecule has 4 nitrogen and oxygen atoms in total. The van der Waals surface area contributed by atoms with Gasteiger partial charge in [0.05, 0.1) is 12.8 Å². The topological polar surface area (TPSA) is 58.5 Å². The van der Waals surface area contributed by atoms with E-state index < -0.39 is 10.0 Å². The highest BCUT2D eigenvalue weighted by Gasteiger charge is 2.00. The molecule has 0 atom stereocenters. The zero-order valence-electron chi connectivity index (χ0n) is 8.77.